The van der Waals surface area contributed by atoms with Gasteiger partial charge in [0.15, 0.2) is 21.3 Å². The molecule has 1 heterocycles. The van der Waals surface area contributed by atoms with E-state index in [9.17, 15) is 28.2 Å². The molecule has 2 unspecified atom stereocenters. The van der Waals surface area contributed by atoms with Crippen molar-refractivity contribution in [1.29, 1.82) is 0 Å². The molecular formula is C18H19N2O6S+. The molecule has 8 nitrogen and oxygen atoms in total. The van der Waals surface area contributed by atoms with E-state index in [2.05, 4.69) is 0 Å². The maximum absolute atomic E-state index is 13.2. The summed E-state index contributed by atoms with van der Waals surface area (Å²) in [5, 5.41) is 19.4. The van der Waals surface area contributed by atoms with Gasteiger partial charge in [-0.25, -0.2) is 18.0 Å². The predicted molar refractivity (Wildman–Crippen MR) is 97.9 cm³/mol. The van der Waals surface area contributed by atoms with Gasteiger partial charge < -0.3 is 15.9 Å². The lowest BCUT2D eigenvalue weighted by Crippen LogP contribution is -2.53. The smallest absolute Gasteiger partial charge is 0.356 e. The summed E-state index contributed by atoms with van der Waals surface area (Å²) in [7, 11) is -2.27. The molecule has 0 fully saturated rings. The summed E-state index contributed by atoms with van der Waals surface area (Å²) in [5.74, 6) is -2.59. The van der Waals surface area contributed by atoms with Gasteiger partial charge in [0.2, 0.25) is 0 Å². The highest BCUT2D eigenvalue weighted by molar-refractivity contribution is 7.90. The Morgan fingerprint density at radius 1 is 1.07 bits per heavy atom. The minimum atomic E-state index is -3.61. The van der Waals surface area contributed by atoms with Gasteiger partial charge in [-0.2, -0.15) is 4.48 Å². The third-order valence-corrected chi connectivity index (χ3v) is 5.77. The highest BCUT2D eigenvalue weighted by Gasteiger charge is 2.57. The zero-order valence-electron chi connectivity index (χ0n) is 14.7. The van der Waals surface area contributed by atoms with Crippen molar-refractivity contribution < 1.29 is 32.7 Å². The van der Waals surface area contributed by atoms with Crippen LogP contribution in [0.25, 0.3) is 0 Å². The molecule has 1 aliphatic rings. The molecule has 3 rings (SSSR count). The van der Waals surface area contributed by atoms with Gasteiger partial charge >= 0.3 is 11.8 Å². The van der Waals surface area contributed by atoms with Crippen LogP contribution in [0.2, 0.25) is 0 Å². The Bertz CT molecular complexity index is 1080. The molecule has 2 atom stereocenters. The van der Waals surface area contributed by atoms with Gasteiger partial charge in [0.25, 0.3) is 0 Å². The van der Waals surface area contributed by atoms with Gasteiger partial charge in [-0.05, 0) is 30.3 Å². The zero-order valence-corrected chi connectivity index (χ0v) is 15.5. The fourth-order valence-electron chi connectivity index (χ4n) is 3.42. The summed E-state index contributed by atoms with van der Waals surface area (Å²) >= 11 is 0. The molecule has 0 radical (unpaired) electrons. The van der Waals surface area contributed by atoms with Crippen molar-refractivity contribution in [3.63, 3.8) is 0 Å². The van der Waals surface area contributed by atoms with Crippen LogP contribution in [0.5, 0.6) is 11.5 Å². The number of phenolic OH excluding ortho intramolecular Hbond substituents is 2. The molecule has 142 valence electrons. The number of sulfone groups is 1. The largest absolute Gasteiger partial charge is 0.504 e. The quantitative estimate of drug-likeness (QED) is 0.308. The zero-order chi connectivity index (χ0) is 20.1. The normalized spacial score (nSPS) is 20.5. The lowest BCUT2D eigenvalue weighted by Gasteiger charge is -2.32. The number of phenols is 2. The number of quaternary nitrogens is 1. The molecule has 2 aromatic carbocycles. The fraction of sp³-hybridized carbons (Fsp3) is 0.222. The summed E-state index contributed by atoms with van der Waals surface area (Å²) in [6.07, 6.45) is 0.999. The third kappa shape index (κ3) is 2.94. The molecule has 2 amide bonds. The number of anilines is 1. The van der Waals surface area contributed by atoms with Crippen LogP contribution in [0.15, 0.2) is 36.4 Å². The van der Waals surface area contributed by atoms with E-state index in [4.69, 9.17) is 5.73 Å². The second-order valence-corrected chi connectivity index (χ2v) is 9.00. The summed E-state index contributed by atoms with van der Waals surface area (Å²) in [6.45, 7) is 0. The number of nitrogen functional groups attached to an aromatic ring is 1. The first-order valence-electron chi connectivity index (χ1n) is 8.01. The van der Waals surface area contributed by atoms with Crippen LogP contribution < -0.4 is 5.73 Å². The molecule has 2 aromatic rings. The Morgan fingerprint density at radius 2 is 1.74 bits per heavy atom. The van der Waals surface area contributed by atoms with E-state index in [-0.39, 0.29) is 22.4 Å². The lowest BCUT2D eigenvalue weighted by atomic mass is 10.0. The van der Waals surface area contributed by atoms with Crippen LogP contribution in [0, 0.1) is 0 Å². The summed E-state index contributed by atoms with van der Waals surface area (Å²) < 4.78 is 23.2. The number of hydrogen-bond acceptors (Lipinski definition) is 7. The SMILES string of the molecule is C[N+]1(C(CS(C)(=O)=O)c2ccc(O)c(O)c2)C(=O)c2cccc(N)c2C1=O. The van der Waals surface area contributed by atoms with Crippen LogP contribution in [0.4, 0.5) is 5.69 Å². The van der Waals surface area contributed by atoms with E-state index in [1.54, 1.807) is 6.07 Å². The highest BCUT2D eigenvalue weighted by Crippen LogP contribution is 2.41. The molecule has 27 heavy (non-hydrogen) atoms. The van der Waals surface area contributed by atoms with E-state index in [0.29, 0.717) is 0 Å². The number of imide groups is 1. The number of nitrogens with zero attached hydrogens (tertiary/aromatic N) is 1. The molecule has 0 bridgehead atoms. The Balaban J connectivity index is 2.23. The number of carbonyl (C=O) groups is 2. The van der Waals surface area contributed by atoms with E-state index >= 15 is 0 Å². The number of hydrogen-bond donors (Lipinski definition) is 3. The summed E-state index contributed by atoms with van der Waals surface area (Å²) in [5.41, 5.74) is 6.44. The van der Waals surface area contributed by atoms with E-state index in [0.717, 1.165) is 12.3 Å². The molecule has 0 aromatic heterocycles. The standard InChI is InChI=1S/C18H18N2O6S/c1-20(17(23)11-4-3-5-12(19)16(11)18(20)24)13(9-27(2,25)26)10-6-7-14(21)15(22)8-10/h3-8,13H,9H2,1-2H3,(H3-,19,21,22,23,24)/p+1. The predicted octanol–water partition coefficient (Wildman–Crippen LogP) is 1.21. The maximum Gasteiger partial charge on any atom is 0.356 e. The third-order valence-electron chi connectivity index (χ3n) is 4.85. The van der Waals surface area contributed by atoms with E-state index in [1.807, 2.05) is 0 Å². The maximum atomic E-state index is 13.2. The number of rotatable bonds is 4. The molecule has 0 saturated carbocycles. The molecule has 1 aliphatic heterocycles. The number of aromatic hydroxyl groups is 2. The monoisotopic (exact) mass is 391 g/mol. The number of carbonyl (C=O) groups excluding carboxylic acids is 2. The van der Waals surface area contributed by atoms with Crippen molar-refractivity contribution in [2.24, 2.45) is 0 Å². The molecule has 0 aliphatic carbocycles. The molecular weight excluding hydrogens is 372 g/mol. The molecule has 0 saturated heterocycles. The minimum absolute atomic E-state index is 0.0616. The van der Waals surface area contributed by atoms with Crippen molar-refractivity contribution in [2.45, 2.75) is 6.04 Å². The van der Waals surface area contributed by atoms with Gasteiger partial charge in [0.05, 0.1) is 12.6 Å². The number of amides is 2. The van der Waals surface area contributed by atoms with Gasteiger partial charge in [-0.3, -0.25) is 0 Å². The average molecular weight is 391 g/mol. The second-order valence-electron chi connectivity index (χ2n) is 6.81. The Labute approximate surface area is 156 Å². The van der Waals surface area contributed by atoms with Gasteiger partial charge in [-0.1, -0.05) is 6.07 Å². The van der Waals surface area contributed by atoms with Gasteiger partial charge in [0.1, 0.15) is 17.4 Å². The minimum Gasteiger partial charge on any atom is -0.504 e. The first-order valence-corrected chi connectivity index (χ1v) is 10.1. The topological polar surface area (TPSA) is 135 Å². The Morgan fingerprint density at radius 3 is 2.30 bits per heavy atom. The lowest BCUT2D eigenvalue weighted by molar-refractivity contribution is -0.773. The number of fused-ring (bicyclic) bond motifs is 1. The van der Waals surface area contributed by atoms with Gasteiger partial charge in [0, 0.05) is 17.5 Å². The van der Waals surface area contributed by atoms with Crippen LogP contribution >= 0.6 is 0 Å². The summed E-state index contributed by atoms with van der Waals surface area (Å²) in [6, 6.07) is 7.10. The van der Waals surface area contributed by atoms with Crippen molar-refractivity contribution in [3.8, 4) is 11.5 Å². The molecule has 4 N–H and O–H groups in total. The van der Waals surface area contributed by atoms with Crippen molar-refractivity contribution in [2.75, 3.05) is 24.8 Å². The highest BCUT2D eigenvalue weighted by atomic mass is 32.2. The summed E-state index contributed by atoms with van der Waals surface area (Å²) in [4.78, 5) is 26.3. The van der Waals surface area contributed by atoms with Gasteiger partial charge in [-0.15, -0.1) is 0 Å². The fourth-order valence-corrected chi connectivity index (χ4v) is 4.49. The molecule has 0 spiro atoms. The first kappa shape index (κ1) is 18.9. The molecule has 9 heteroatoms. The van der Waals surface area contributed by atoms with Crippen LogP contribution in [0.1, 0.15) is 32.3 Å². The number of benzene rings is 2. The van der Waals surface area contributed by atoms with Crippen molar-refractivity contribution >= 4 is 27.3 Å². The van der Waals surface area contributed by atoms with Crippen LogP contribution in [-0.4, -0.2) is 54.0 Å². The van der Waals surface area contributed by atoms with E-state index in [1.165, 1.54) is 31.3 Å². The van der Waals surface area contributed by atoms with Crippen LogP contribution in [0.3, 0.4) is 0 Å². The average Bonchev–Trinajstić information content (AvgIpc) is 2.78. The first-order chi connectivity index (χ1) is 12.5. The van der Waals surface area contributed by atoms with E-state index < -0.39 is 49.4 Å². The number of nitrogens with two attached hydrogens (primary N) is 1. The van der Waals surface area contributed by atoms with Crippen LogP contribution in [-0.2, 0) is 9.84 Å². The second kappa shape index (κ2) is 6.07. The Kier molecular flexibility index (Phi) is 4.24. The van der Waals surface area contributed by atoms with Crippen molar-refractivity contribution in [3.05, 3.63) is 53.1 Å². The Hall–Kier alpha value is -2.91. The van der Waals surface area contributed by atoms with Crippen molar-refractivity contribution in [1.82, 2.24) is 0 Å².